The predicted molar refractivity (Wildman–Crippen MR) is 104 cm³/mol. The second kappa shape index (κ2) is 11.4. The molecule has 1 N–H and O–H groups in total. The molecule has 0 saturated carbocycles. The van der Waals surface area contributed by atoms with E-state index in [1.807, 2.05) is 6.92 Å². The number of halogens is 4. The van der Waals surface area contributed by atoms with E-state index in [0.717, 1.165) is 12.1 Å². The molecule has 0 heterocycles. The number of rotatable bonds is 5. The molecule has 0 aromatic heterocycles. The molecule has 2 aromatic rings. The Morgan fingerprint density at radius 2 is 1.61 bits per heavy atom. The molecule has 0 aliphatic carbocycles. The van der Waals surface area contributed by atoms with Gasteiger partial charge in [0.15, 0.2) is 0 Å². The van der Waals surface area contributed by atoms with E-state index < -0.39 is 11.7 Å². The number of alkyl halides is 4. The van der Waals surface area contributed by atoms with Gasteiger partial charge in [-0.2, -0.15) is 13.2 Å². The Kier molecular flexibility index (Phi) is 9.58. The highest BCUT2D eigenvalue weighted by Gasteiger charge is 2.30. The molecule has 2 aromatic carbocycles. The number of allylic oxidation sites excluding steroid dienone is 1. The Balaban J connectivity index is 0.000000336. The average Bonchev–Trinajstić information content (AvgIpc) is 2.62. The molecule has 28 heavy (non-hydrogen) atoms. The summed E-state index contributed by atoms with van der Waals surface area (Å²) in [5, 5.41) is 9.07. The summed E-state index contributed by atoms with van der Waals surface area (Å²) in [7, 11) is 0. The van der Waals surface area contributed by atoms with Gasteiger partial charge in [0.05, 0.1) is 12.2 Å². The number of phenols is 1. The Labute approximate surface area is 169 Å². The van der Waals surface area contributed by atoms with Crippen molar-refractivity contribution in [3.63, 3.8) is 0 Å². The van der Waals surface area contributed by atoms with Crippen LogP contribution in [0, 0.1) is 0 Å². The Hall–Kier alpha value is -2.48. The molecule has 8 heteroatoms. The van der Waals surface area contributed by atoms with Crippen LogP contribution < -0.4 is 4.74 Å². The monoisotopic (exact) mass is 460 g/mol. The van der Waals surface area contributed by atoms with E-state index in [4.69, 9.17) is 9.84 Å². The molecule has 0 spiro atoms. The largest absolute Gasteiger partial charge is 0.508 e. The maximum absolute atomic E-state index is 12.3. The molecular formula is C20H20BrF3O4. The minimum Gasteiger partial charge on any atom is -0.508 e. The van der Waals surface area contributed by atoms with E-state index in [-0.39, 0.29) is 16.5 Å². The number of aromatic hydroxyl groups is 1. The number of carbonyl (C=O) groups is 1. The highest BCUT2D eigenvalue weighted by Crippen LogP contribution is 2.31. The first-order valence-corrected chi connectivity index (χ1v) is 9.16. The van der Waals surface area contributed by atoms with Crippen molar-refractivity contribution in [2.75, 3.05) is 6.61 Å². The summed E-state index contributed by atoms with van der Waals surface area (Å²) in [5.74, 6) is 0.546. The lowest BCUT2D eigenvalue weighted by Crippen LogP contribution is -2.03. The van der Waals surface area contributed by atoms with Crippen LogP contribution in [-0.2, 0) is 15.7 Å². The summed E-state index contributed by atoms with van der Waals surface area (Å²) in [6.45, 7) is 4.14. The van der Waals surface area contributed by atoms with Gasteiger partial charge in [-0.15, -0.1) is 0 Å². The number of ether oxygens (including phenoxy) is 2. The molecule has 4 nitrogen and oxygen atoms in total. The average molecular weight is 461 g/mol. The molecule has 0 aliphatic heterocycles. The quantitative estimate of drug-likeness (QED) is 0.333. The first-order chi connectivity index (χ1) is 13.1. The standard InChI is InChI=1S/C13H9F3O2.C7H11BrO2/c14-13(15,16)9-1-5-11(6-2-9)18-12-7-3-10(17)4-8-12;1-3-10-7(9)5-4-6(2)8/h1-8,17H;4-6H,3H2,1-2H3. The fourth-order valence-electron chi connectivity index (χ4n) is 1.76. The fourth-order valence-corrected chi connectivity index (χ4v) is 1.92. The normalized spacial score (nSPS) is 12.1. The molecule has 0 bridgehead atoms. The summed E-state index contributed by atoms with van der Waals surface area (Å²) < 4.78 is 46.9. The number of phenolic OH excluding ortho intramolecular Hbond substituents is 1. The third-order valence-electron chi connectivity index (χ3n) is 3.04. The topological polar surface area (TPSA) is 55.8 Å². The van der Waals surface area contributed by atoms with Gasteiger partial charge < -0.3 is 14.6 Å². The van der Waals surface area contributed by atoms with Crippen LogP contribution in [0.15, 0.2) is 60.7 Å². The van der Waals surface area contributed by atoms with E-state index in [0.29, 0.717) is 18.1 Å². The zero-order valence-electron chi connectivity index (χ0n) is 15.2. The van der Waals surface area contributed by atoms with Crippen LogP contribution in [0.5, 0.6) is 17.2 Å². The third-order valence-corrected chi connectivity index (χ3v) is 3.34. The van der Waals surface area contributed by atoms with Gasteiger partial charge >= 0.3 is 12.1 Å². The number of hydrogen-bond donors (Lipinski definition) is 1. The van der Waals surface area contributed by atoms with Crippen LogP contribution in [0.25, 0.3) is 0 Å². The zero-order chi connectivity index (χ0) is 21.2. The maximum atomic E-state index is 12.3. The second-order valence-electron chi connectivity index (χ2n) is 5.41. The summed E-state index contributed by atoms with van der Waals surface area (Å²) in [6.07, 6.45) is -1.20. The number of hydrogen-bond acceptors (Lipinski definition) is 4. The lowest BCUT2D eigenvalue weighted by molar-refractivity contribution is -0.138. The predicted octanol–water partition coefficient (Wildman–Crippen LogP) is 6.09. The molecule has 152 valence electrons. The first-order valence-electron chi connectivity index (χ1n) is 8.25. The molecule has 0 radical (unpaired) electrons. The summed E-state index contributed by atoms with van der Waals surface area (Å²) >= 11 is 3.26. The Bertz CT molecular complexity index is 755. The van der Waals surface area contributed by atoms with E-state index in [2.05, 4.69) is 20.7 Å². The Morgan fingerprint density at radius 1 is 1.11 bits per heavy atom. The van der Waals surface area contributed by atoms with Gasteiger partial charge in [-0.05, 0) is 62.4 Å². The minimum atomic E-state index is -4.35. The molecule has 0 saturated heterocycles. The van der Waals surface area contributed by atoms with Crippen molar-refractivity contribution in [3.05, 3.63) is 66.2 Å². The number of carbonyl (C=O) groups excluding carboxylic acids is 1. The number of benzene rings is 2. The van der Waals surface area contributed by atoms with Gasteiger partial charge in [-0.25, -0.2) is 4.79 Å². The molecular weight excluding hydrogens is 441 g/mol. The summed E-state index contributed by atoms with van der Waals surface area (Å²) in [5.41, 5.74) is -0.722. The maximum Gasteiger partial charge on any atom is 0.416 e. The first kappa shape index (κ1) is 23.6. The van der Waals surface area contributed by atoms with Crippen LogP contribution in [0.2, 0.25) is 0 Å². The number of esters is 1. The van der Waals surface area contributed by atoms with Crippen molar-refractivity contribution >= 4 is 21.9 Å². The molecule has 0 fully saturated rings. The van der Waals surface area contributed by atoms with Gasteiger partial charge in [-0.3, -0.25) is 0 Å². The van der Waals surface area contributed by atoms with Gasteiger partial charge in [0.25, 0.3) is 0 Å². The lowest BCUT2D eigenvalue weighted by atomic mass is 10.2. The van der Waals surface area contributed by atoms with E-state index in [9.17, 15) is 18.0 Å². The highest BCUT2D eigenvalue weighted by molar-refractivity contribution is 9.09. The minimum absolute atomic E-state index is 0.0924. The van der Waals surface area contributed by atoms with Crippen LogP contribution >= 0.6 is 15.9 Å². The SMILES string of the molecule is CCOC(=O)C=CC(C)Br.Oc1ccc(Oc2ccc(C(F)(F)F)cc2)cc1. The summed E-state index contributed by atoms with van der Waals surface area (Å²) in [6, 6.07) is 10.3. The highest BCUT2D eigenvalue weighted by atomic mass is 79.9. The lowest BCUT2D eigenvalue weighted by Gasteiger charge is -2.08. The van der Waals surface area contributed by atoms with E-state index in [1.165, 1.54) is 42.5 Å². The fraction of sp³-hybridized carbons (Fsp3) is 0.250. The van der Waals surface area contributed by atoms with Crippen LogP contribution in [0.1, 0.15) is 19.4 Å². The van der Waals surface area contributed by atoms with Crippen molar-refractivity contribution in [1.29, 1.82) is 0 Å². The van der Waals surface area contributed by atoms with Gasteiger partial charge in [0.2, 0.25) is 0 Å². The van der Waals surface area contributed by atoms with E-state index >= 15 is 0 Å². The van der Waals surface area contributed by atoms with E-state index in [1.54, 1.807) is 13.0 Å². The van der Waals surface area contributed by atoms with Gasteiger partial charge in [-0.1, -0.05) is 22.0 Å². The van der Waals surface area contributed by atoms with Crippen molar-refractivity contribution in [3.8, 4) is 17.2 Å². The zero-order valence-corrected chi connectivity index (χ0v) is 16.8. The molecule has 0 amide bonds. The molecule has 1 atom stereocenters. The van der Waals surface area contributed by atoms with Crippen molar-refractivity contribution in [2.45, 2.75) is 24.9 Å². The second-order valence-corrected chi connectivity index (χ2v) is 6.85. The van der Waals surface area contributed by atoms with Crippen molar-refractivity contribution < 1.29 is 32.5 Å². The van der Waals surface area contributed by atoms with Crippen LogP contribution in [-0.4, -0.2) is 22.5 Å². The molecule has 2 rings (SSSR count). The third kappa shape index (κ3) is 9.45. The van der Waals surface area contributed by atoms with Gasteiger partial charge in [0, 0.05) is 10.9 Å². The molecule has 1 unspecified atom stereocenters. The molecule has 0 aliphatic rings. The van der Waals surface area contributed by atoms with Crippen LogP contribution in [0.4, 0.5) is 13.2 Å². The van der Waals surface area contributed by atoms with Crippen LogP contribution in [0.3, 0.4) is 0 Å². The summed E-state index contributed by atoms with van der Waals surface area (Å²) in [4.78, 5) is 10.8. The van der Waals surface area contributed by atoms with Crippen molar-refractivity contribution in [1.82, 2.24) is 0 Å². The Morgan fingerprint density at radius 3 is 2.04 bits per heavy atom. The van der Waals surface area contributed by atoms with Crippen molar-refractivity contribution in [2.24, 2.45) is 0 Å². The smallest absolute Gasteiger partial charge is 0.416 e. The van der Waals surface area contributed by atoms with Gasteiger partial charge in [0.1, 0.15) is 17.2 Å².